The molecule has 2 N–H and O–H groups in total. The van der Waals surface area contributed by atoms with Crippen LogP contribution in [0.2, 0.25) is 0 Å². The van der Waals surface area contributed by atoms with Gasteiger partial charge in [0.2, 0.25) is 0 Å². The largest absolute Gasteiger partial charge is 0.324 e. The molecule has 0 aliphatic carbocycles. The zero-order valence-corrected chi connectivity index (χ0v) is 7.44. The van der Waals surface area contributed by atoms with Crippen LogP contribution in [0.4, 0.5) is 0 Å². The summed E-state index contributed by atoms with van der Waals surface area (Å²) >= 11 is 0. The predicted octanol–water partition coefficient (Wildman–Crippen LogP) is 1.65. The summed E-state index contributed by atoms with van der Waals surface area (Å²) in [4.78, 5) is 0. The first-order valence-electron chi connectivity index (χ1n) is 4.24. The Bertz CT molecular complexity index is 418. The lowest BCUT2D eigenvalue weighted by Gasteiger charge is -2.08. The van der Waals surface area contributed by atoms with Gasteiger partial charge in [-0.25, -0.2) is 0 Å². The molecule has 66 valence electrons. The molecule has 3 heteroatoms. The van der Waals surface area contributed by atoms with E-state index in [1.54, 1.807) is 12.4 Å². The third kappa shape index (κ3) is 1.38. The SMILES string of the molecule is CC(N)c1cccc2cnncc12. The maximum atomic E-state index is 5.83. The van der Waals surface area contributed by atoms with Crippen LogP contribution in [0.25, 0.3) is 10.8 Å². The van der Waals surface area contributed by atoms with Crippen molar-refractivity contribution >= 4 is 10.8 Å². The Morgan fingerprint density at radius 1 is 1.23 bits per heavy atom. The van der Waals surface area contributed by atoms with Crippen LogP contribution in [0.1, 0.15) is 18.5 Å². The number of aromatic nitrogens is 2. The monoisotopic (exact) mass is 173 g/mol. The molecule has 1 unspecified atom stereocenters. The van der Waals surface area contributed by atoms with Gasteiger partial charge in [-0.15, -0.1) is 0 Å². The van der Waals surface area contributed by atoms with Crippen LogP contribution in [-0.4, -0.2) is 10.2 Å². The lowest BCUT2D eigenvalue weighted by Crippen LogP contribution is -2.05. The highest BCUT2D eigenvalue weighted by atomic mass is 15.1. The van der Waals surface area contributed by atoms with Gasteiger partial charge in [-0.05, 0) is 12.5 Å². The van der Waals surface area contributed by atoms with E-state index in [0.717, 1.165) is 16.3 Å². The first-order chi connectivity index (χ1) is 6.29. The van der Waals surface area contributed by atoms with Crippen molar-refractivity contribution in [1.29, 1.82) is 0 Å². The van der Waals surface area contributed by atoms with E-state index in [1.807, 2.05) is 25.1 Å². The summed E-state index contributed by atoms with van der Waals surface area (Å²) < 4.78 is 0. The van der Waals surface area contributed by atoms with Crippen LogP contribution in [0, 0.1) is 0 Å². The van der Waals surface area contributed by atoms with Gasteiger partial charge in [-0.2, -0.15) is 10.2 Å². The summed E-state index contributed by atoms with van der Waals surface area (Å²) in [6.07, 6.45) is 3.51. The second-order valence-corrected chi connectivity index (χ2v) is 3.13. The molecule has 3 nitrogen and oxygen atoms in total. The van der Waals surface area contributed by atoms with Gasteiger partial charge in [0.05, 0.1) is 12.4 Å². The van der Waals surface area contributed by atoms with Gasteiger partial charge in [-0.3, -0.25) is 0 Å². The molecule has 2 rings (SSSR count). The van der Waals surface area contributed by atoms with Gasteiger partial charge in [0.15, 0.2) is 0 Å². The van der Waals surface area contributed by atoms with Gasteiger partial charge in [0.25, 0.3) is 0 Å². The molecule has 0 bridgehead atoms. The van der Waals surface area contributed by atoms with Gasteiger partial charge in [-0.1, -0.05) is 18.2 Å². The zero-order valence-electron chi connectivity index (χ0n) is 7.44. The molecular weight excluding hydrogens is 162 g/mol. The minimum absolute atomic E-state index is 0.0351. The number of hydrogen-bond acceptors (Lipinski definition) is 3. The average Bonchev–Trinajstić information content (AvgIpc) is 2.17. The second-order valence-electron chi connectivity index (χ2n) is 3.13. The molecule has 0 spiro atoms. The number of fused-ring (bicyclic) bond motifs is 1. The first kappa shape index (κ1) is 8.13. The Balaban J connectivity index is 2.76. The lowest BCUT2D eigenvalue weighted by atomic mass is 10.0. The molecule has 0 saturated heterocycles. The smallest absolute Gasteiger partial charge is 0.0578 e. The number of benzene rings is 1. The zero-order chi connectivity index (χ0) is 9.26. The fourth-order valence-corrected chi connectivity index (χ4v) is 1.45. The molecule has 0 radical (unpaired) electrons. The number of rotatable bonds is 1. The quantitative estimate of drug-likeness (QED) is 0.713. The van der Waals surface area contributed by atoms with Crippen LogP contribution < -0.4 is 5.73 Å². The van der Waals surface area contributed by atoms with Gasteiger partial charge >= 0.3 is 0 Å². The molecule has 0 fully saturated rings. The van der Waals surface area contributed by atoms with Crippen LogP contribution in [0.3, 0.4) is 0 Å². The van der Waals surface area contributed by atoms with E-state index in [4.69, 9.17) is 5.73 Å². The topological polar surface area (TPSA) is 51.8 Å². The normalized spacial score (nSPS) is 13.1. The minimum atomic E-state index is 0.0351. The third-order valence-electron chi connectivity index (χ3n) is 2.11. The highest BCUT2D eigenvalue weighted by Gasteiger charge is 2.04. The summed E-state index contributed by atoms with van der Waals surface area (Å²) in [5.41, 5.74) is 6.95. The Hall–Kier alpha value is -1.48. The molecule has 0 aliphatic heterocycles. The summed E-state index contributed by atoms with van der Waals surface area (Å²) in [6, 6.07) is 6.06. The summed E-state index contributed by atoms with van der Waals surface area (Å²) in [5, 5.41) is 9.85. The van der Waals surface area contributed by atoms with Crippen molar-refractivity contribution in [3.8, 4) is 0 Å². The van der Waals surface area contributed by atoms with Gasteiger partial charge in [0, 0.05) is 16.8 Å². The van der Waals surface area contributed by atoms with Crippen molar-refractivity contribution in [1.82, 2.24) is 10.2 Å². The Morgan fingerprint density at radius 3 is 2.77 bits per heavy atom. The number of hydrogen-bond donors (Lipinski definition) is 1. The van der Waals surface area contributed by atoms with Gasteiger partial charge < -0.3 is 5.73 Å². The van der Waals surface area contributed by atoms with Crippen molar-refractivity contribution in [2.24, 2.45) is 5.73 Å². The predicted molar refractivity (Wildman–Crippen MR) is 52.1 cm³/mol. The molecule has 0 amide bonds. The third-order valence-corrected chi connectivity index (χ3v) is 2.11. The molecular formula is C10H11N3. The van der Waals surface area contributed by atoms with E-state index < -0.39 is 0 Å². The highest BCUT2D eigenvalue weighted by molar-refractivity contribution is 5.84. The Labute approximate surface area is 76.6 Å². The molecule has 1 aromatic heterocycles. The Kier molecular flexibility index (Phi) is 1.94. The number of nitrogens with two attached hydrogens (primary N) is 1. The van der Waals surface area contributed by atoms with E-state index in [1.165, 1.54) is 0 Å². The molecule has 2 aromatic rings. The fourth-order valence-electron chi connectivity index (χ4n) is 1.45. The van der Waals surface area contributed by atoms with Gasteiger partial charge in [0.1, 0.15) is 0 Å². The first-order valence-corrected chi connectivity index (χ1v) is 4.24. The van der Waals surface area contributed by atoms with Crippen LogP contribution >= 0.6 is 0 Å². The summed E-state index contributed by atoms with van der Waals surface area (Å²) in [5.74, 6) is 0. The van der Waals surface area contributed by atoms with E-state index in [-0.39, 0.29) is 6.04 Å². The summed E-state index contributed by atoms with van der Waals surface area (Å²) in [6.45, 7) is 1.97. The van der Waals surface area contributed by atoms with Crippen molar-refractivity contribution in [3.05, 3.63) is 36.2 Å². The van der Waals surface area contributed by atoms with E-state index in [9.17, 15) is 0 Å². The minimum Gasteiger partial charge on any atom is -0.324 e. The van der Waals surface area contributed by atoms with Crippen LogP contribution in [0.15, 0.2) is 30.6 Å². The average molecular weight is 173 g/mol. The summed E-state index contributed by atoms with van der Waals surface area (Å²) in [7, 11) is 0. The maximum Gasteiger partial charge on any atom is 0.0578 e. The molecule has 0 saturated carbocycles. The molecule has 1 heterocycles. The standard InChI is InChI=1S/C10H11N3/c1-7(11)9-4-2-3-8-5-12-13-6-10(8)9/h2-7H,11H2,1H3. The highest BCUT2D eigenvalue weighted by Crippen LogP contribution is 2.20. The lowest BCUT2D eigenvalue weighted by molar-refractivity contribution is 0.825. The van der Waals surface area contributed by atoms with E-state index in [2.05, 4.69) is 10.2 Å². The van der Waals surface area contributed by atoms with E-state index in [0.29, 0.717) is 0 Å². The van der Waals surface area contributed by atoms with Crippen molar-refractivity contribution in [2.75, 3.05) is 0 Å². The van der Waals surface area contributed by atoms with Crippen LogP contribution in [-0.2, 0) is 0 Å². The Morgan fingerprint density at radius 2 is 2.00 bits per heavy atom. The second kappa shape index (κ2) is 3.11. The van der Waals surface area contributed by atoms with Crippen molar-refractivity contribution in [2.45, 2.75) is 13.0 Å². The molecule has 1 aromatic carbocycles. The fraction of sp³-hybridized carbons (Fsp3) is 0.200. The maximum absolute atomic E-state index is 5.83. The molecule has 0 aliphatic rings. The molecule has 13 heavy (non-hydrogen) atoms. The van der Waals surface area contributed by atoms with Crippen LogP contribution in [0.5, 0.6) is 0 Å². The molecule has 1 atom stereocenters. The number of nitrogens with zero attached hydrogens (tertiary/aromatic N) is 2. The van der Waals surface area contributed by atoms with Crippen molar-refractivity contribution < 1.29 is 0 Å². The van der Waals surface area contributed by atoms with Crippen molar-refractivity contribution in [3.63, 3.8) is 0 Å². The van der Waals surface area contributed by atoms with E-state index >= 15 is 0 Å².